The molecule has 1 atom stereocenters. The van der Waals surface area contributed by atoms with Gasteiger partial charge in [0, 0.05) is 38.4 Å². The highest BCUT2D eigenvalue weighted by Crippen LogP contribution is 2.14. The van der Waals surface area contributed by atoms with Crippen molar-refractivity contribution in [1.82, 2.24) is 20.4 Å². The van der Waals surface area contributed by atoms with Gasteiger partial charge in [-0.05, 0) is 37.8 Å². The summed E-state index contributed by atoms with van der Waals surface area (Å²) in [6.07, 6.45) is 5.92. The molecule has 1 N–H and O–H groups in total. The first-order valence-corrected chi connectivity index (χ1v) is 10.1. The van der Waals surface area contributed by atoms with Crippen molar-refractivity contribution in [1.29, 1.82) is 0 Å². The number of nitrogens with one attached hydrogen (secondary N) is 1. The van der Waals surface area contributed by atoms with Crippen molar-refractivity contribution >= 4 is 5.91 Å². The highest BCUT2D eigenvalue weighted by Gasteiger charge is 2.21. The van der Waals surface area contributed by atoms with Crippen LogP contribution in [0.2, 0.25) is 0 Å². The van der Waals surface area contributed by atoms with Gasteiger partial charge in [0.2, 0.25) is 11.8 Å². The van der Waals surface area contributed by atoms with Gasteiger partial charge in [0.25, 0.3) is 0 Å². The second-order valence-electron chi connectivity index (χ2n) is 7.34. The molecule has 27 heavy (non-hydrogen) atoms. The molecule has 0 spiro atoms. The Hall–Kier alpha value is -2.21. The van der Waals surface area contributed by atoms with E-state index in [4.69, 9.17) is 4.52 Å². The zero-order valence-electron chi connectivity index (χ0n) is 16.2. The van der Waals surface area contributed by atoms with Crippen LogP contribution in [-0.2, 0) is 24.2 Å². The molecule has 2 heterocycles. The van der Waals surface area contributed by atoms with Gasteiger partial charge in [-0.2, -0.15) is 4.98 Å². The van der Waals surface area contributed by atoms with Gasteiger partial charge >= 0.3 is 0 Å². The third-order valence-electron chi connectivity index (χ3n) is 4.90. The Labute approximate surface area is 161 Å². The van der Waals surface area contributed by atoms with Gasteiger partial charge in [0.15, 0.2) is 5.82 Å². The largest absolute Gasteiger partial charge is 0.352 e. The Kier molecular flexibility index (Phi) is 7.39. The number of piperidine rings is 1. The van der Waals surface area contributed by atoms with Crippen LogP contribution in [0.1, 0.15) is 56.3 Å². The lowest BCUT2D eigenvalue weighted by Gasteiger charge is -2.33. The van der Waals surface area contributed by atoms with E-state index in [0.717, 1.165) is 57.6 Å². The maximum Gasteiger partial charge on any atom is 0.226 e. The van der Waals surface area contributed by atoms with E-state index in [9.17, 15) is 4.79 Å². The predicted octanol–water partition coefficient (Wildman–Crippen LogP) is 3.13. The molecule has 1 amide bonds. The topological polar surface area (TPSA) is 71.3 Å². The summed E-state index contributed by atoms with van der Waals surface area (Å²) in [5.74, 6) is 1.52. The lowest BCUT2D eigenvalue weighted by molar-refractivity contribution is -0.122. The molecule has 0 saturated carbocycles. The van der Waals surface area contributed by atoms with E-state index in [1.165, 1.54) is 5.56 Å². The number of aryl methyl sites for hydroxylation is 2. The SMILES string of the molecule is CCCc1noc(CCCC(=O)NC2CCCN(Cc3ccccc3)C2)n1. The molecule has 1 aliphatic rings. The summed E-state index contributed by atoms with van der Waals surface area (Å²) < 4.78 is 5.22. The van der Waals surface area contributed by atoms with E-state index < -0.39 is 0 Å². The Bertz CT molecular complexity index is 701. The van der Waals surface area contributed by atoms with Gasteiger partial charge in [-0.1, -0.05) is 42.4 Å². The molecule has 0 aliphatic carbocycles. The summed E-state index contributed by atoms with van der Waals surface area (Å²) >= 11 is 0. The number of amides is 1. The molecule has 1 aromatic carbocycles. The van der Waals surface area contributed by atoms with Crippen molar-refractivity contribution in [2.45, 2.75) is 64.5 Å². The maximum atomic E-state index is 12.3. The predicted molar refractivity (Wildman–Crippen MR) is 104 cm³/mol. The highest BCUT2D eigenvalue weighted by molar-refractivity contribution is 5.76. The summed E-state index contributed by atoms with van der Waals surface area (Å²) in [6, 6.07) is 10.8. The molecule has 0 radical (unpaired) electrons. The Balaban J connectivity index is 1.36. The molecular weight excluding hydrogens is 340 g/mol. The fourth-order valence-electron chi connectivity index (χ4n) is 3.58. The Morgan fingerprint density at radius 3 is 2.96 bits per heavy atom. The second-order valence-corrected chi connectivity index (χ2v) is 7.34. The molecule has 1 fully saturated rings. The normalized spacial score (nSPS) is 17.7. The number of benzene rings is 1. The monoisotopic (exact) mass is 370 g/mol. The van der Waals surface area contributed by atoms with Crippen molar-refractivity contribution in [2.75, 3.05) is 13.1 Å². The van der Waals surface area contributed by atoms with Gasteiger partial charge < -0.3 is 9.84 Å². The van der Waals surface area contributed by atoms with Gasteiger partial charge in [0.05, 0.1) is 0 Å². The number of nitrogens with zero attached hydrogens (tertiary/aromatic N) is 3. The molecule has 2 aromatic rings. The quantitative estimate of drug-likeness (QED) is 0.734. The van der Waals surface area contributed by atoms with Crippen molar-refractivity contribution in [3.63, 3.8) is 0 Å². The smallest absolute Gasteiger partial charge is 0.226 e. The van der Waals surface area contributed by atoms with Crippen LogP contribution in [0.3, 0.4) is 0 Å². The fraction of sp³-hybridized carbons (Fsp3) is 0.571. The Morgan fingerprint density at radius 2 is 2.15 bits per heavy atom. The van der Waals surface area contributed by atoms with E-state index in [1.807, 2.05) is 6.07 Å². The molecule has 1 unspecified atom stereocenters. The molecule has 3 rings (SSSR count). The third-order valence-corrected chi connectivity index (χ3v) is 4.90. The molecule has 1 saturated heterocycles. The van der Waals surface area contributed by atoms with Crippen LogP contribution < -0.4 is 5.32 Å². The first-order valence-electron chi connectivity index (χ1n) is 10.1. The Morgan fingerprint density at radius 1 is 1.30 bits per heavy atom. The van der Waals surface area contributed by atoms with Crippen molar-refractivity contribution < 1.29 is 9.32 Å². The fourth-order valence-corrected chi connectivity index (χ4v) is 3.58. The standard InChI is InChI=1S/C21H30N4O2/c1-2-8-19-23-21(27-24-19)13-6-12-20(26)22-18-11-7-14-25(16-18)15-17-9-4-3-5-10-17/h3-5,9-10,18H,2,6-8,11-16H2,1H3,(H,22,26). The van der Waals surface area contributed by atoms with Crippen LogP contribution in [-0.4, -0.2) is 40.1 Å². The summed E-state index contributed by atoms with van der Waals surface area (Å²) in [4.78, 5) is 19.1. The second kappa shape index (κ2) is 10.2. The zero-order valence-corrected chi connectivity index (χ0v) is 16.2. The minimum Gasteiger partial charge on any atom is -0.352 e. The molecule has 146 valence electrons. The minimum atomic E-state index is 0.120. The summed E-state index contributed by atoms with van der Waals surface area (Å²) in [7, 11) is 0. The number of rotatable bonds is 9. The van der Waals surface area contributed by atoms with E-state index in [-0.39, 0.29) is 11.9 Å². The maximum absolute atomic E-state index is 12.3. The van der Waals surface area contributed by atoms with Crippen LogP contribution in [0, 0.1) is 0 Å². The van der Waals surface area contributed by atoms with Gasteiger partial charge in [-0.15, -0.1) is 0 Å². The molecule has 1 aromatic heterocycles. The van der Waals surface area contributed by atoms with Crippen molar-refractivity contribution in [3.8, 4) is 0 Å². The minimum absolute atomic E-state index is 0.120. The molecule has 1 aliphatic heterocycles. The van der Waals surface area contributed by atoms with Gasteiger partial charge in [0.1, 0.15) is 0 Å². The lowest BCUT2D eigenvalue weighted by Crippen LogP contribution is -2.47. The number of likely N-dealkylation sites (tertiary alicyclic amines) is 1. The number of hydrogen-bond donors (Lipinski definition) is 1. The van der Waals surface area contributed by atoms with Crippen LogP contribution in [0.15, 0.2) is 34.9 Å². The average Bonchev–Trinajstić information content (AvgIpc) is 3.10. The van der Waals surface area contributed by atoms with Crippen molar-refractivity contribution in [3.05, 3.63) is 47.6 Å². The number of hydrogen-bond acceptors (Lipinski definition) is 5. The van der Waals surface area contributed by atoms with E-state index in [1.54, 1.807) is 0 Å². The molecule has 6 heteroatoms. The molecule has 6 nitrogen and oxygen atoms in total. The van der Waals surface area contributed by atoms with E-state index in [2.05, 4.69) is 51.5 Å². The first-order chi connectivity index (χ1) is 13.2. The van der Waals surface area contributed by atoms with Gasteiger partial charge in [-0.3, -0.25) is 9.69 Å². The van der Waals surface area contributed by atoms with Crippen LogP contribution in [0.4, 0.5) is 0 Å². The molecular formula is C21H30N4O2. The lowest BCUT2D eigenvalue weighted by atomic mass is 10.0. The summed E-state index contributed by atoms with van der Waals surface area (Å²) in [5, 5.41) is 7.15. The first kappa shape index (κ1) is 19.5. The molecule has 0 bridgehead atoms. The summed E-state index contributed by atoms with van der Waals surface area (Å²) in [5.41, 5.74) is 1.33. The highest BCUT2D eigenvalue weighted by atomic mass is 16.5. The van der Waals surface area contributed by atoms with Crippen LogP contribution >= 0.6 is 0 Å². The van der Waals surface area contributed by atoms with Crippen LogP contribution in [0.5, 0.6) is 0 Å². The van der Waals surface area contributed by atoms with Crippen molar-refractivity contribution in [2.24, 2.45) is 0 Å². The number of carbonyl (C=O) groups excluding carboxylic acids is 1. The number of aromatic nitrogens is 2. The average molecular weight is 370 g/mol. The van der Waals surface area contributed by atoms with E-state index in [0.29, 0.717) is 18.7 Å². The zero-order chi connectivity index (χ0) is 18.9. The van der Waals surface area contributed by atoms with Gasteiger partial charge in [-0.25, -0.2) is 0 Å². The van der Waals surface area contributed by atoms with Crippen LogP contribution in [0.25, 0.3) is 0 Å². The third kappa shape index (κ3) is 6.47. The van der Waals surface area contributed by atoms with E-state index >= 15 is 0 Å². The number of carbonyl (C=O) groups is 1. The summed E-state index contributed by atoms with van der Waals surface area (Å²) in [6.45, 7) is 5.06.